The van der Waals surface area contributed by atoms with Gasteiger partial charge in [0, 0.05) is 17.8 Å². The summed E-state index contributed by atoms with van der Waals surface area (Å²) in [6, 6.07) is 2.02. The minimum atomic E-state index is 0.506. The molecule has 1 aliphatic carbocycles. The van der Waals surface area contributed by atoms with E-state index in [-0.39, 0.29) is 0 Å². The van der Waals surface area contributed by atoms with Crippen LogP contribution >= 0.6 is 0 Å². The van der Waals surface area contributed by atoms with Crippen LogP contribution in [-0.2, 0) is 6.54 Å². The largest absolute Gasteiger partial charge is 0.325 e. The van der Waals surface area contributed by atoms with Gasteiger partial charge in [-0.05, 0) is 31.7 Å². The van der Waals surface area contributed by atoms with Gasteiger partial charge in [0.15, 0.2) is 5.65 Å². The average Bonchev–Trinajstić information content (AvgIpc) is 2.82. The van der Waals surface area contributed by atoms with Crippen LogP contribution in [0.4, 0.5) is 0 Å². The van der Waals surface area contributed by atoms with E-state index in [0.29, 0.717) is 12.5 Å². The van der Waals surface area contributed by atoms with Gasteiger partial charge in [-0.3, -0.25) is 0 Å². The molecule has 18 heavy (non-hydrogen) atoms. The second-order valence-corrected chi connectivity index (χ2v) is 5.26. The van der Waals surface area contributed by atoms with Crippen molar-refractivity contribution in [3.05, 3.63) is 29.2 Å². The van der Waals surface area contributed by atoms with Crippen LogP contribution in [0.15, 0.2) is 12.3 Å². The number of aromatic nitrogens is 3. The van der Waals surface area contributed by atoms with Crippen LogP contribution in [0.3, 0.4) is 0 Å². The fourth-order valence-electron chi connectivity index (χ4n) is 3.03. The van der Waals surface area contributed by atoms with Gasteiger partial charge in [0.25, 0.3) is 0 Å². The molecule has 0 saturated heterocycles. The summed E-state index contributed by atoms with van der Waals surface area (Å²) in [5.41, 5.74) is 10.2. The van der Waals surface area contributed by atoms with E-state index in [9.17, 15) is 0 Å². The van der Waals surface area contributed by atoms with Crippen LogP contribution in [0.5, 0.6) is 0 Å². The summed E-state index contributed by atoms with van der Waals surface area (Å²) >= 11 is 0. The van der Waals surface area contributed by atoms with E-state index in [1.165, 1.54) is 37.7 Å². The van der Waals surface area contributed by atoms with E-state index in [1.807, 2.05) is 23.7 Å². The van der Waals surface area contributed by atoms with Crippen molar-refractivity contribution < 1.29 is 0 Å². The topological polar surface area (TPSA) is 56.2 Å². The van der Waals surface area contributed by atoms with Gasteiger partial charge in [0.1, 0.15) is 0 Å². The molecule has 2 heterocycles. The summed E-state index contributed by atoms with van der Waals surface area (Å²) in [6.07, 6.45) is 8.58. The summed E-state index contributed by atoms with van der Waals surface area (Å²) in [4.78, 5) is 4.66. The third-order valence-corrected chi connectivity index (χ3v) is 3.96. The van der Waals surface area contributed by atoms with Gasteiger partial charge in [-0.1, -0.05) is 19.3 Å². The van der Waals surface area contributed by atoms with E-state index < -0.39 is 0 Å². The third-order valence-electron chi connectivity index (χ3n) is 3.96. The van der Waals surface area contributed by atoms with Gasteiger partial charge >= 0.3 is 0 Å². The van der Waals surface area contributed by atoms with Crippen molar-refractivity contribution in [3.8, 4) is 0 Å². The summed E-state index contributed by atoms with van der Waals surface area (Å²) in [7, 11) is 0. The summed E-state index contributed by atoms with van der Waals surface area (Å²) in [6.45, 7) is 2.53. The quantitative estimate of drug-likeness (QED) is 0.883. The van der Waals surface area contributed by atoms with E-state index in [2.05, 4.69) is 10.1 Å². The number of aryl methyl sites for hydroxylation is 1. The Kier molecular flexibility index (Phi) is 3.04. The van der Waals surface area contributed by atoms with Crippen molar-refractivity contribution >= 4 is 5.65 Å². The summed E-state index contributed by atoms with van der Waals surface area (Å²) in [5, 5.41) is 4.48. The average molecular weight is 244 g/mol. The number of hydrogen-bond acceptors (Lipinski definition) is 3. The molecule has 1 saturated carbocycles. The molecule has 0 amide bonds. The second kappa shape index (κ2) is 4.69. The van der Waals surface area contributed by atoms with Crippen LogP contribution in [0.2, 0.25) is 0 Å². The van der Waals surface area contributed by atoms with Crippen molar-refractivity contribution in [1.82, 2.24) is 14.6 Å². The first kappa shape index (κ1) is 11.7. The molecule has 4 heteroatoms. The minimum Gasteiger partial charge on any atom is -0.325 e. The fourth-order valence-corrected chi connectivity index (χ4v) is 3.03. The monoisotopic (exact) mass is 244 g/mol. The molecule has 4 nitrogen and oxygen atoms in total. The first-order valence-electron chi connectivity index (χ1n) is 6.84. The second-order valence-electron chi connectivity index (χ2n) is 5.26. The van der Waals surface area contributed by atoms with Gasteiger partial charge in [-0.15, -0.1) is 0 Å². The molecule has 0 aliphatic heterocycles. The lowest BCUT2D eigenvalue weighted by molar-refractivity contribution is 0.445. The van der Waals surface area contributed by atoms with E-state index in [0.717, 1.165) is 17.0 Å². The van der Waals surface area contributed by atoms with Crippen LogP contribution in [-0.4, -0.2) is 14.6 Å². The molecule has 2 aromatic rings. The van der Waals surface area contributed by atoms with E-state index in [1.54, 1.807) is 0 Å². The molecule has 0 atom stereocenters. The molecule has 0 radical (unpaired) electrons. The van der Waals surface area contributed by atoms with Crippen LogP contribution < -0.4 is 5.73 Å². The van der Waals surface area contributed by atoms with Crippen LogP contribution in [0.1, 0.15) is 55.0 Å². The van der Waals surface area contributed by atoms with Gasteiger partial charge < -0.3 is 5.73 Å². The van der Waals surface area contributed by atoms with Crippen molar-refractivity contribution in [2.45, 2.75) is 51.5 Å². The number of hydrogen-bond donors (Lipinski definition) is 1. The van der Waals surface area contributed by atoms with Crippen molar-refractivity contribution in [2.75, 3.05) is 0 Å². The first-order valence-corrected chi connectivity index (χ1v) is 6.84. The number of nitrogens with two attached hydrogens (primary N) is 1. The third kappa shape index (κ3) is 1.90. The molecular weight excluding hydrogens is 224 g/mol. The first-order chi connectivity index (χ1) is 8.79. The Morgan fingerprint density at radius 2 is 2.11 bits per heavy atom. The molecule has 96 valence electrons. The lowest BCUT2D eigenvalue weighted by Gasteiger charge is -2.20. The number of nitrogens with zero attached hydrogens (tertiary/aromatic N) is 3. The summed E-state index contributed by atoms with van der Waals surface area (Å²) < 4.78 is 1.91. The standard InChI is InChI=1S/C14H20N4/c1-10-7-12(8-15)18-14(17-10)13(9-16-18)11-5-3-2-4-6-11/h7,9,11H,2-6,8,15H2,1H3. The minimum absolute atomic E-state index is 0.506. The van der Waals surface area contributed by atoms with Crippen molar-refractivity contribution in [1.29, 1.82) is 0 Å². The molecule has 2 aromatic heterocycles. The van der Waals surface area contributed by atoms with Gasteiger partial charge in [0.05, 0.1) is 11.9 Å². The Bertz CT molecular complexity index is 552. The number of fused-ring (bicyclic) bond motifs is 1. The zero-order valence-electron chi connectivity index (χ0n) is 10.9. The highest BCUT2D eigenvalue weighted by atomic mass is 15.3. The molecule has 1 aliphatic rings. The zero-order chi connectivity index (χ0) is 12.5. The molecule has 0 aromatic carbocycles. The summed E-state index contributed by atoms with van der Waals surface area (Å²) in [5.74, 6) is 0.635. The Labute approximate surface area is 107 Å². The maximum absolute atomic E-state index is 5.78. The predicted molar refractivity (Wildman–Crippen MR) is 71.4 cm³/mol. The van der Waals surface area contributed by atoms with Crippen molar-refractivity contribution in [3.63, 3.8) is 0 Å². The normalized spacial score (nSPS) is 17.4. The smallest absolute Gasteiger partial charge is 0.158 e. The Morgan fingerprint density at radius 1 is 1.33 bits per heavy atom. The fraction of sp³-hybridized carbons (Fsp3) is 0.571. The molecular formula is C14H20N4. The van der Waals surface area contributed by atoms with Gasteiger partial charge in [0.2, 0.25) is 0 Å². The molecule has 0 unspecified atom stereocenters. The molecule has 3 rings (SSSR count). The van der Waals surface area contributed by atoms with Gasteiger partial charge in [-0.25, -0.2) is 9.50 Å². The number of rotatable bonds is 2. The highest BCUT2D eigenvalue weighted by molar-refractivity contribution is 5.50. The molecule has 1 fully saturated rings. The molecule has 0 spiro atoms. The lowest BCUT2D eigenvalue weighted by atomic mass is 9.85. The highest BCUT2D eigenvalue weighted by Crippen LogP contribution is 2.34. The Hall–Kier alpha value is -1.42. The molecule has 0 bridgehead atoms. The maximum atomic E-state index is 5.78. The predicted octanol–water partition coefficient (Wildman–Crippen LogP) is 2.54. The Morgan fingerprint density at radius 3 is 2.83 bits per heavy atom. The zero-order valence-corrected chi connectivity index (χ0v) is 10.9. The van der Waals surface area contributed by atoms with E-state index in [4.69, 9.17) is 5.73 Å². The SMILES string of the molecule is Cc1cc(CN)n2ncc(C3CCCCC3)c2n1. The van der Waals surface area contributed by atoms with Crippen LogP contribution in [0, 0.1) is 6.92 Å². The Balaban J connectivity index is 2.10. The van der Waals surface area contributed by atoms with Gasteiger partial charge in [-0.2, -0.15) is 5.10 Å². The van der Waals surface area contributed by atoms with Crippen LogP contribution in [0.25, 0.3) is 5.65 Å². The maximum Gasteiger partial charge on any atom is 0.158 e. The van der Waals surface area contributed by atoms with E-state index >= 15 is 0 Å². The molecule has 2 N–H and O–H groups in total. The highest BCUT2D eigenvalue weighted by Gasteiger charge is 2.20. The lowest BCUT2D eigenvalue weighted by Crippen LogP contribution is -2.09. The van der Waals surface area contributed by atoms with Crippen molar-refractivity contribution in [2.24, 2.45) is 5.73 Å².